The first-order valence-electron chi connectivity index (χ1n) is 5.07. The minimum Gasteiger partial charge on any atom is -0.384 e. The Balaban J connectivity index is 2.47. The van der Waals surface area contributed by atoms with Gasteiger partial charge in [0.05, 0.1) is 0 Å². The molecule has 0 aromatic heterocycles. The topological polar surface area (TPSA) is 20.2 Å². The molecular weight excluding hydrogens is 297 g/mol. The molecule has 0 saturated heterocycles. The highest BCUT2D eigenvalue weighted by molar-refractivity contribution is 6.35. The molecule has 0 aliphatic rings. The van der Waals surface area contributed by atoms with Gasteiger partial charge >= 0.3 is 0 Å². The summed E-state index contributed by atoms with van der Waals surface area (Å²) in [5.74, 6) is -0.474. The number of aliphatic hydroxyl groups excluding tert-OH is 1. The first kappa shape index (κ1) is 13.6. The van der Waals surface area contributed by atoms with Crippen LogP contribution in [0.25, 0.3) is 0 Å². The fourth-order valence-electron chi connectivity index (χ4n) is 1.61. The second-order valence-corrected chi connectivity index (χ2v) is 4.99. The fourth-order valence-corrected chi connectivity index (χ4v) is 2.35. The maximum absolute atomic E-state index is 13.2. The zero-order valence-corrected chi connectivity index (χ0v) is 11.3. The van der Waals surface area contributed by atoms with Crippen molar-refractivity contribution < 1.29 is 9.50 Å². The van der Waals surface area contributed by atoms with Crippen molar-refractivity contribution >= 4 is 34.8 Å². The van der Waals surface area contributed by atoms with Crippen LogP contribution in [0.4, 0.5) is 4.39 Å². The van der Waals surface area contributed by atoms with E-state index >= 15 is 0 Å². The summed E-state index contributed by atoms with van der Waals surface area (Å²) < 4.78 is 13.2. The molecule has 94 valence electrons. The monoisotopic (exact) mass is 304 g/mol. The van der Waals surface area contributed by atoms with E-state index in [0.29, 0.717) is 15.6 Å². The molecule has 0 bridgehead atoms. The van der Waals surface area contributed by atoms with Gasteiger partial charge in [-0.3, -0.25) is 0 Å². The number of hydrogen-bond donors (Lipinski definition) is 1. The summed E-state index contributed by atoms with van der Waals surface area (Å²) in [7, 11) is 0. The quantitative estimate of drug-likeness (QED) is 0.839. The molecule has 0 saturated carbocycles. The van der Waals surface area contributed by atoms with Crippen molar-refractivity contribution in [2.24, 2.45) is 0 Å². The summed E-state index contributed by atoms with van der Waals surface area (Å²) in [6.45, 7) is 0. The molecular formula is C13H8Cl3FO. The number of aliphatic hydroxyl groups is 1. The highest BCUT2D eigenvalue weighted by Gasteiger charge is 2.17. The third kappa shape index (κ3) is 2.78. The van der Waals surface area contributed by atoms with Crippen LogP contribution in [0.5, 0.6) is 0 Å². The van der Waals surface area contributed by atoms with E-state index < -0.39 is 11.9 Å². The van der Waals surface area contributed by atoms with Crippen LogP contribution in [-0.2, 0) is 0 Å². The predicted molar refractivity (Wildman–Crippen MR) is 71.9 cm³/mol. The van der Waals surface area contributed by atoms with Crippen molar-refractivity contribution in [1.29, 1.82) is 0 Å². The van der Waals surface area contributed by atoms with E-state index in [1.54, 1.807) is 12.1 Å². The lowest BCUT2D eigenvalue weighted by Gasteiger charge is -2.15. The van der Waals surface area contributed by atoms with E-state index in [-0.39, 0.29) is 10.6 Å². The summed E-state index contributed by atoms with van der Waals surface area (Å²) in [4.78, 5) is 0. The van der Waals surface area contributed by atoms with Gasteiger partial charge in [0.1, 0.15) is 11.9 Å². The molecule has 0 radical (unpaired) electrons. The largest absolute Gasteiger partial charge is 0.384 e. The summed E-state index contributed by atoms with van der Waals surface area (Å²) in [6, 6.07) is 8.48. The molecule has 1 N–H and O–H groups in total. The van der Waals surface area contributed by atoms with Gasteiger partial charge in [0.2, 0.25) is 0 Å². The predicted octanol–water partition coefficient (Wildman–Crippen LogP) is 4.87. The Kier molecular flexibility index (Phi) is 4.13. The van der Waals surface area contributed by atoms with E-state index in [9.17, 15) is 9.50 Å². The van der Waals surface area contributed by atoms with Crippen LogP contribution in [0, 0.1) is 5.82 Å². The number of rotatable bonds is 2. The standard InChI is InChI=1S/C13H8Cl3FO/c14-7-1-3-9(12(16)5-7)13(18)10-6-8(17)2-4-11(10)15/h1-6,13,18H. The molecule has 0 amide bonds. The molecule has 0 fully saturated rings. The van der Waals surface area contributed by atoms with Crippen LogP contribution < -0.4 is 0 Å². The van der Waals surface area contributed by atoms with Gasteiger partial charge in [0.15, 0.2) is 0 Å². The second kappa shape index (κ2) is 5.45. The van der Waals surface area contributed by atoms with Crippen LogP contribution >= 0.6 is 34.8 Å². The van der Waals surface area contributed by atoms with Crippen molar-refractivity contribution in [3.8, 4) is 0 Å². The minimum atomic E-state index is -1.10. The molecule has 1 unspecified atom stereocenters. The molecule has 1 atom stereocenters. The van der Waals surface area contributed by atoms with E-state index in [2.05, 4.69) is 0 Å². The molecule has 2 aromatic rings. The van der Waals surface area contributed by atoms with Crippen molar-refractivity contribution in [3.63, 3.8) is 0 Å². The normalized spacial score (nSPS) is 12.5. The van der Waals surface area contributed by atoms with E-state index in [1.165, 1.54) is 24.3 Å². The van der Waals surface area contributed by atoms with Gasteiger partial charge in [-0.1, -0.05) is 40.9 Å². The van der Waals surface area contributed by atoms with Gasteiger partial charge in [-0.2, -0.15) is 0 Å². The van der Waals surface area contributed by atoms with Crippen molar-refractivity contribution in [1.82, 2.24) is 0 Å². The average molecular weight is 306 g/mol. The smallest absolute Gasteiger partial charge is 0.123 e. The van der Waals surface area contributed by atoms with Crippen molar-refractivity contribution in [2.45, 2.75) is 6.10 Å². The zero-order valence-electron chi connectivity index (χ0n) is 9.00. The molecule has 2 aromatic carbocycles. The SMILES string of the molecule is OC(c1ccc(Cl)cc1Cl)c1cc(F)ccc1Cl. The highest BCUT2D eigenvalue weighted by Crippen LogP contribution is 2.33. The van der Waals surface area contributed by atoms with E-state index in [0.717, 1.165) is 0 Å². The van der Waals surface area contributed by atoms with Crippen LogP contribution in [0.3, 0.4) is 0 Å². The third-order valence-corrected chi connectivity index (χ3v) is 3.42. The Bertz CT molecular complexity index is 586. The van der Waals surface area contributed by atoms with Gasteiger partial charge < -0.3 is 5.11 Å². The van der Waals surface area contributed by atoms with Gasteiger partial charge in [-0.05, 0) is 30.3 Å². The van der Waals surface area contributed by atoms with E-state index in [1.807, 2.05) is 0 Å². The molecule has 0 spiro atoms. The van der Waals surface area contributed by atoms with Crippen molar-refractivity contribution in [2.75, 3.05) is 0 Å². The van der Waals surface area contributed by atoms with Crippen LogP contribution in [0.2, 0.25) is 15.1 Å². The lowest BCUT2D eigenvalue weighted by Crippen LogP contribution is -2.02. The number of hydrogen-bond acceptors (Lipinski definition) is 1. The summed E-state index contributed by atoms with van der Waals surface area (Å²) >= 11 is 17.7. The van der Waals surface area contributed by atoms with Crippen LogP contribution in [-0.4, -0.2) is 5.11 Å². The minimum absolute atomic E-state index is 0.265. The van der Waals surface area contributed by atoms with Gasteiger partial charge in [0, 0.05) is 26.2 Å². The first-order chi connectivity index (χ1) is 8.49. The first-order valence-corrected chi connectivity index (χ1v) is 6.20. The fraction of sp³-hybridized carbons (Fsp3) is 0.0769. The molecule has 2 rings (SSSR count). The maximum atomic E-state index is 13.2. The summed E-state index contributed by atoms with van der Waals surface area (Å²) in [5.41, 5.74) is 0.689. The van der Waals surface area contributed by atoms with Gasteiger partial charge in [-0.15, -0.1) is 0 Å². The molecule has 0 heterocycles. The lowest BCUT2D eigenvalue weighted by molar-refractivity contribution is 0.220. The third-order valence-electron chi connectivity index (χ3n) is 2.51. The van der Waals surface area contributed by atoms with Crippen molar-refractivity contribution in [3.05, 3.63) is 68.4 Å². The van der Waals surface area contributed by atoms with Crippen LogP contribution in [0.1, 0.15) is 17.2 Å². The maximum Gasteiger partial charge on any atom is 0.123 e. The summed E-state index contributed by atoms with van der Waals surface area (Å²) in [5, 5.41) is 11.2. The zero-order chi connectivity index (χ0) is 13.3. The molecule has 0 aliphatic heterocycles. The number of benzene rings is 2. The molecule has 1 nitrogen and oxygen atoms in total. The summed E-state index contributed by atoms with van der Waals surface area (Å²) in [6.07, 6.45) is -1.10. The molecule has 18 heavy (non-hydrogen) atoms. The Morgan fingerprint density at radius 3 is 2.28 bits per heavy atom. The number of halogens is 4. The second-order valence-electron chi connectivity index (χ2n) is 3.73. The average Bonchev–Trinajstić information content (AvgIpc) is 2.31. The molecule has 5 heteroatoms. The Morgan fingerprint density at radius 1 is 0.889 bits per heavy atom. The Labute approximate surface area is 119 Å². The van der Waals surface area contributed by atoms with Gasteiger partial charge in [0.25, 0.3) is 0 Å². The molecule has 0 aliphatic carbocycles. The van der Waals surface area contributed by atoms with E-state index in [4.69, 9.17) is 34.8 Å². The van der Waals surface area contributed by atoms with Crippen LogP contribution in [0.15, 0.2) is 36.4 Å². The highest BCUT2D eigenvalue weighted by atomic mass is 35.5. The Hall–Kier alpha value is -0.800. The van der Waals surface area contributed by atoms with Gasteiger partial charge in [-0.25, -0.2) is 4.39 Å². The Morgan fingerprint density at radius 2 is 1.61 bits per heavy atom. The lowest BCUT2D eigenvalue weighted by atomic mass is 10.0.